The van der Waals surface area contributed by atoms with Crippen LogP contribution in [0.4, 0.5) is 0 Å². The van der Waals surface area contributed by atoms with Crippen LogP contribution >= 0.6 is 11.3 Å². The molecule has 2 aromatic heterocycles. The predicted molar refractivity (Wildman–Crippen MR) is 116 cm³/mol. The third kappa shape index (κ3) is 6.29. The van der Waals surface area contributed by atoms with Gasteiger partial charge in [-0.2, -0.15) is 5.10 Å². The van der Waals surface area contributed by atoms with Crippen molar-refractivity contribution in [1.29, 1.82) is 0 Å². The van der Waals surface area contributed by atoms with Crippen LogP contribution < -0.4 is 10.6 Å². The summed E-state index contributed by atoms with van der Waals surface area (Å²) in [5, 5.41) is 12.2. The lowest BCUT2D eigenvalue weighted by Crippen LogP contribution is -2.27. The van der Waals surface area contributed by atoms with Crippen LogP contribution in [0.5, 0.6) is 0 Å². The van der Waals surface area contributed by atoms with Crippen LogP contribution in [-0.2, 0) is 11.2 Å². The van der Waals surface area contributed by atoms with E-state index < -0.39 is 0 Å². The lowest BCUT2D eigenvalue weighted by molar-refractivity contribution is -0.121. The molecule has 0 unspecified atom stereocenters. The number of carbonyl (C=O) groups is 2. The topological polar surface area (TPSA) is 76.0 Å². The van der Waals surface area contributed by atoms with Gasteiger partial charge in [0.2, 0.25) is 5.91 Å². The summed E-state index contributed by atoms with van der Waals surface area (Å²) in [4.78, 5) is 24.4. The van der Waals surface area contributed by atoms with Gasteiger partial charge in [0, 0.05) is 25.7 Å². The SMILES string of the molecule is Cc1nn(-c2ccccc2)cc1CCCNC(=O)CCCNC(=O)c1cccs1. The largest absolute Gasteiger partial charge is 0.356 e. The minimum atomic E-state index is -0.0770. The zero-order valence-electron chi connectivity index (χ0n) is 16.6. The molecule has 0 aliphatic heterocycles. The summed E-state index contributed by atoms with van der Waals surface area (Å²) >= 11 is 1.41. The molecule has 2 N–H and O–H groups in total. The van der Waals surface area contributed by atoms with Gasteiger partial charge in [0.05, 0.1) is 16.3 Å². The highest BCUT2D eigenvalue weighted by atomic mass is 32.1. The van der Waals surface area contributed by atoms with Gasteiger partial charge in [-0.05, 0) is 55.3 Å². The highest BCUT2D eigenvalue weighted by molar-refractivity contribution is 7.12. The molecule has 2 heterocycles. The van der Waals surface area contributed by atoms with Crippen LogP contribution in [0.3, 0.4) is 0 Å². The number of thiophene rings is 1. The summed E-state index contributed by atoms with van der Waals surface area (Å²) in [5.74, 6) is -0.0566. The fourth-order valence-corrected chi connectivity index (χ4v) is 3.64. The van der Waals surface area contributed by atoms with E-state index in [1.165, 1.54) is 16.9 Å². The molecule has 0 saturated heterocycles. The number of nitrogens with zero attached hydrogens (tertiary/aromatic N) is 2. The first-order chi connectivity index (χ1) is 14.1. The van der Waals surface area contributed by atoms with Gasteiger partial charge in [0.15, 0.2) is 0 Å². The minimum Gasteiger partial charge on any atom is -0.356 e. The lowest BCUT2D eigenvalue weighted by Gasteiger charge is -2.06. The zero-order chi connectivity index (χ0) is 20.5. The van der Waals surface area contributed by atoms with E-state index in [1.807, 2.05) is 53.4 Å². The summed E-state index contributed by atoms with van der Waals surface area (Å²) in [6.07, 6.45) is 4.84. The summed E-state index contributed by atoms with van der Waals surface area (Å²) in [6.45, 7) is 3.15. The Hall–Kier alpha value is -2.93. The highest BCUT2D eigenvalue weighted by Gasteiger charge is 2.08. The number of aromatic nitrogens is 2. The van der Waals surface area contributed by atoms with Gasteiger partial charge in [0.1, 0.15) is 0 Å². The van der Waals surface area contributed by atoms with Gasteiger partial charge >= 0.3 is 0 Å². The molecule has 2 amide bonds. The van der Waals surface area contributed by atoms with E-state index in [9.17, 15) is 9.59 Å². The molecule has 0 fully saturated rings. The Labute approximate surface area is 175 Å². The van der Waals surface area contributed by atoms with Gasteiger partial charge < -0.3 is 10.6 Å². The van der Waals surface area contributed by atoms with Gasteiger partial charge in [-0.1, -0.05) is 24.3 Å². The maximum Gasteiger partial charge on any atom is 0.261 e. The first-order valence-corrected chi connectivity index (χ1v) is 10.7. The van der Waals surface area contributed by atoms with Gasteiger partial charge in [-0.15, -0.1) is 11.3 Å². The second kappa shape index (κ2) is 10.6. The van der Waals surface area contributed by atoms with Crippen LogP contribution in [0.2, 0.25) is 0 Å². The molecule has 29 heavy (non-hydrogen) atoms. The zero-order valence-corrected chi connectivity index (χ0v) is 17.4. The Morgan fingerprint density at radius 2 is 1.83 bits per heavy atom. The summed E-state index contributed by atoms with van der Waals surface area (Å²) < 4.78 is 1.90. The maximum atomic E-state index is 11.9. The van der Waals surface area contributed by atoms with E-state index >= 15 is 0 Å². The Morgan fingerprint density at radius 1 is 1.03 bits per heavy atom. The molecule has 0 saturated carbocycles. The molecule has 1 aromatic carbocycles. The molecular formula is C22H26N4O2S. The van der Waals surface area contributed by atoms with Gasteiger partial charge in [0.25, 0.3) is 5.91 Å². The minimum absolute atomic E-state index is 0.0204. The van der Waals surface area contributed by atoms with Crippen molar-refractivity contribution in [3.8, 4) is 5.69 Å². The van der Waals surface area contributed by atoms with Crippen molar-refractivity contribution in [3.63, 3.8) is 0 Å². The number of rotatable bonds is 10. The fourth-order valence-electron chi connectivity index (χ4n) is 2.99. The van der Waals surface area contributed by atoms with E-state index in [2.05, 4.69) is 21.9 Å². The van der Waals surface area contributed by atoms with Gasteiger partial charge in [-0.25, -0.2) is 4.68 Å². The molecule has 7 heteroatoms. The van der Waals surface area contributed by atoms with Crippen LogP contribution in [0.25, 0.3) is 5.69 Å². The summed E-state index contributed by atoms with van der Waals surface area (Å²) in [6, 6.07) is 13.7. The first kappa shape index (κ1) is 20.8. The molecule has 0 aliphatic rings. The number of amides is 2. The van der Waals surface area contributed by atoms with Crippen molar-refractivity contribution in [2.24, 2.45) is 0 Å². The van der Waals surface area contributed by atoms with Crippen LogP contribution in [0, 0.1) is 6.92 Å². The van der Waals surface area contributed by atoms with E-state index in [1.54, 1.807) is 6.07 Å². The first-order valence-electron chi connectivity index (χ1n) is 9.82. The second-order valence-corrected chi connectivity index (χ2v) is 7.76. The summed E-state index contributed by atoms with van der Waals surface area (Å²) in [5.41, 5.74) is 3.25. The quantitative estimate of drug-likeness (QED) is 0.502. The Morgan fingerprint density at radius 3 is 2.59 bits per heavy atom. The van der Waals surface area contributed by atoms with Crippen molar-refractivity contribution >= 4 is 23.2 Å². The second-order valence-electron chi connectivity index (χ2n) is 6.81. The number of hydrogen-bond donors (Lipinski definition) is 2. The third-order valence-electron chi connectivity index (χ3n) is 4.58. The molecule has 0 aliphatic carbocycles. The monoisotopic (exact) mass is 410 g/mol. The average Bonchev–Trinajstić information content (AvgIpc) is 3.39. The number of hydrogen-bond acceptors (Lipinski definition) is 4. The number of carbonyl (C=O) groups excluding carboxylic acids is 2. The number of benzene rings is 1. The smallest absolute Gasteiger partial charge is 0.261 e. The molecule has 3 rings (SSSR count). The van der Waals surface area contributed by atoms with Crippen molar-refractivity contribution in [2.75, 3.05) is 13.1 Å². The van der Waals surface area contributed by atoms with E-state index in [0.717, 1.165) is 24.2 Å². The Kier molecular flexibility index (Phi) is 7.58. The summed E-state index contributed by atoms with van der Waals surface area (Å²) in [7, 11) is 0. The number of para-hydroxylation sites is 1. The van der Waals surface area contributed by atoms with E-state index in [4.69, 9.17) is 0 Å². The third-order valence-corrected chi connectivity index (χ3v) is 5.45. The highest BCUT2D eigenvalue weighted by Crippen LogP contribution is 2.13. The van der Waals surface area contributed by atoms with Crippen LogP contribution in [0.1, 0.15) is 40.2 Å². The molecule has 0 radical (unpaired) electrons. The molecule has 3 aromatic rings. The van der Waals surface area contributed by atoms with Crippen LogP contribution in [0.15, 0.2) is 54.0 Å². The van der Waals surface area contributed by atoms with Crippen molar-refractivity contribution in [1.82, 2.24) is 20.4 Å². The molecule has 0 atom stereocenters. The van der Waals surface area contributed by atoms with Crippen molar-refractivity contribution in [3.05, 3.63) is 70.2 Å². The Balaban J connectivity index is 1.31. The predicted octanol–water partition coefficient (Wildman–Crippen LogP) is 3.50. The molecular weight excluding hydrogens is 384 g/mol. The Bertz CT molecular complexity index is 920. The lowest BCUT2D eigenvalue weighted by atomic mass is 10.1. The molecule has 0 bridgehead atoms. The van der Waals surface area contributed by atoms with Crippen molar-refractivity contribution in [2.45, 2.75) is 32.6 Å². The van der Waals surface area contributed by atoms with Gasteiger partial charge in [-0.3, -0.25) is 9.59 Å². The van der Waals surface area contributed by atoms with Crippen LogP contribution in [-0.4, -0.2) is 34.7 Å². The molecule has 152 valence electrons. The normalized spacial score (nSPS) is 10.7. The van der Waals surface area contributed by atoms with E-state index in [-0.39, 0.29) is 11.8 Å². The molecule has 6 nitrogen and oxygen atoms in total. The number of aryl methyl sites for hydroxylation is 2. The molecule has 0 spiro atoms. The standard InChI is InChI=1S/C22H26N4O2S/c1-17-18(16-26(25-17)19-9-3-2-4-10-19)8-5-13-23-21(27)12-6-14-24-22(28)20-11-7-15-29-20/h2-4,7,9-11,15-16H,5-6,8,12-14H2,1H3,(H,23,27)(H,24,28). The van der Waals surface area contributed by atoms with E-state index in [0.29, 0.717) is 30.8 Å². The fraction of sp³-hybridized carbons (Fsp3) is 0.318. The van der Waals surface area contributed by atoms with Crippen molar-refractivity contribution < 1.29 is 9.59 Å². The number of nitrogens with one attached hydrogen (secondary N) is 2. The maximum absolute atomic E-state index is 11.9. The average molecular weight is 411 g/mol.